The first-order valence-electron chi connectivity index (χ1n) is 9.61. The molecule has 1 saturated heterocycles. The molecule has 9 nitrogen and oxygen atoms in total. The van der Waals surface area contributed by atoms with Gasteiger partial charge in [0.1, 0.15) is 15.3 Å². The molecule has 3 heterocycles. The molecular formula is C19H23N3O6S3. The third-order valence-electron chi connectivity index (χ3n) is 4.90. The fourth-order valence-corrected chi connectivity index (χ4v) is 7.16. The van der Waals surface area contributed by atoms with Crippen LogP contribution in [0.3, 0.4) is 0 Å². The molecule has 1 aliphatic rings. The predicted octanol–water partition coefficient (Wildman–Crippen LogP) is 3.10. The summed E-state index contributed by atoms with van der Waals surface area (Å²) in [6, 6.07) is 2.28. The molecule has 168 valence electrons. The minimum Gasteiger partial charge on any atom is -0.450 e. The summed E-state index contributed by atoms with van der Waals surface area (Å²) in [5, 5.41) is 6.78. The molecule has 0 aromatic carbocycles. The van der Waals surface area contributed by atoms with E-state index in [9.17, 15) is 22.8 Å². The third-order valence-corrected chi connectivity index (χ3v) is 9.31. The highest BCUT2D eigenvalue weighted by atomic mass is 32.2. The summed E-state index contributed by atoms with van der Waals surface area (Å²) in [6.45, 7) is 5.48. The lowest BCUT2D eigenvalue weighted by Gasteiger charge is -2.22. The summed E-state index contributed by atoms with van der Waals surface area (Å²) in [5.74, 6) is -1.20. The van der Waals surface area contributed by atoms with Crippen LogP contribution in [0, 0.1) is 13.8 Å². The number of sulfonamides is 1. The van der Waals surface area contributed by atoms with Crippen molar-refractivity contribution in [2.24, 2.45) is 0 Å². The highest BCUT2D eigenvalue weighted by molar-refractivity contribution is 7.91. The Hall–Kier alpha value is -2.28. The second kappa shape index (κ2) is 9.47. The standard InChI is InChI=1S/C19H23N3O6S3/c1-4-28-19(25)21-17(24)15-11(2)12(3)30-18(15)20-16(23)13-7-5-9-22(13)31(26,27)14-8-6-10-29-14/h6,8,10,13H,4-5,7,9H2,1-3H3,(H,20,23)(H,21,24,25). The third kappa shape index (κ3) is 4.81. The minimum atomic E-state index is -3.78. The van der Waals surface area contributed by atoms with Crippen molar-refractivity contribution in [2.75, 3.05) is 18.5 Å². The van der Waals surface area contributed by atoms with E-state index in [0.29, 0.717) is 18.4 Å². The van der Waals surface area contributed by atoms with E-state index in [1.807, 2.05) is 0 Å². The number of aryl methyl sites for hydroxylation is 1. The minimum absolute atomic E-state index is 0.112. The predicted molar refractivity (Wildman–Crippen MR) is 118 cm³/mol. The van der Waals surface area contributed by atoms with Gasteiger partial charge in [-0.1, -0.05) is 6.07 Å². The maximum atomic E-state index is 13.0. The van der Waals surface area contributed by atoms with Crippen LogP contribution in [0.1, 0.15) is 40.6 Å². The van der Waals surface area contributed by atoms with Crippen LogP contribution < -0.4 is 10.6 Å². The Bertz CT molecular complexity index is 1090. The van der Waals surface area contributed by atoms with Gasteiger partial charge in [0, 0.05) is 11.4 Å². The molecule has 0 radical (unpaired) electrons. The van der Waals surface area contributed by atoms with Crippen LogP contribution in [0.5, 0.6) is 0 Å². The molecule has 1 fully saturated rings. The van der Waals surface area contributed by atoms with Crippen LogP contribution >= 0.6 is 22.7 Å². The van der Waals surface area contributed by atoms with Crippen LogP contribution in [-0.2, 0) is 19.6 Å². The van der Waals surface area contributed by atoms with Gasteiger partial charge in [-0.2, -0.15) is 4.31 Å². The Kier molecular flexibility index (Phi) is 7.14. The monoisotopic (exact) mass is 485 g/mol. The van der Waals surface area contributed by atoms with Crippen molar-refractivity contribution in [3.8, 4) is 0 Å². The van der Waals surface area contributed by atoms with Gasteiger partial charge in [0.05, 0.1) is 12.2 Å². The zero-order chi connectivity index (χ0) is 22.8. The number of carbonyl (C=O) groups excluding carboxylic acids is 3. The van der Waals surface area contributed by atoms with Crippen LogP contribution in [-0.4, -0.2) is 49.8 Å². The highest BCUT2D eigenvalue weighted by Gasteiger charge is 2.40. The first kappa shape index (κ1) is 23.4. The van der Waals surface area contributed by atoms with Crippen molar-refractivity contribution >= 4 is 55.6 Å². The second-order valence-electron chi connectivity index (χ2n) is 6.86. The first-order chi connectivity index (χ1) is 14.7. The molecule has 31 heavy (non-hydrogen) atoms. The molecule has 2 N–H and O–H groups in total. The van der Waals surface area contributed by atoms with Crippen molar-refractivity contribution in [1.29, 1.82) is 0 Å². The largest absolute Gasteiger partial charge is 0.450 e. The number of thiophene rings is 2. The van der Waals surface area contributed by atoms with E-state index in [0.717, 1.165) is 16.2 Å². The number of carbonyl (C=O) groups is 3. The van der Waals surface area contributed by atoms with Crippen LogP contribution in [0.25, 0.3) is 0 Å². The van der Waals surface area contributed by atoms with Gasteiger partial charge in [-0.25, -0.2) is 13.2 Å². The molecule has 0 bridgehead atoms. The van der Waals surface area contributed by atoms with E-state index < -0.39 is 34.0 Å². The maximum Gasteiger partial charge on any atom is 0.414 e. The van der Waals surface area contributed by atoms with Crippen LogP contribution in [0.4, 0.5) is 9.80 Å². The summed E-state index contributed by atoms with van der Waals surface area (Å²) >= 11 is 2.29. The maximum absolute atomic E-state index is 13.0. The number of ether oxygens (including phenoxy) is 1. The number of nitrogens with zero attached hydrogens (tertiary/aromatic N) is 1. The average Bonchev–Trinajstić information content (AvgIpc) is 3.43. The Labute approximate surface area is 188 Å². The van der Waals surface area contributed by atoms with Gasteiger partial charge in [0.25, 0.3) is 15.9 Å². The summed E-state index contributed by atoms with van der Waals surface area (Å²) in [7, 11) is -3.78. The Morgan fingerprint density at radius 2 is 2.03 bits per heavy atom. The Morgan fingerprint density at radius 1 is 1.29 bits per heavy atom. The second-order valence-corrected chi connectivity index (χ2v) is 11.1. The molecule has 12 heteroatoms. The number of anilines is 1. The number of imide groups is 1. The lowest BCUT2D eigenvalue weighted by molar-refractivity contribution is -0.119. The fraction of sp³-hybridized carbons (Fsp3) is 0.421. The summed E-state index contributed by atoms with van der Waals surface area (Å²) in [6.07, 6.45) is 0.0583. The Morgan fingerprint density at radius 3 is 2.68 bits per heavy atom. The van der Waals surface area contributed by atoms with Gasteiger partial charge in [-0.15, -0.1) is 22.7 Å². The molecule has 2 aromatic rings. The smallest absolute Gasteiger partial charge is 0.414 e. The zero-order valence-corrected chi connectivity index (χ0v) is 19.7. The first-order valence-corrected chi connectivity index (χ1v) is 12.7. The lowest BCUT2D eigenvalue weighted by Crippen LogP contribution is -2.43. The molecular weight excluding hydrogens is 462 g/mol. The number of nitrogens with one attached hydrogen (secondary N) is 2. The SMILES string of the molecule is CCOC(=O)NC(=O)c1c(NC(=O)C2CCCN2S(=O)(=O)c2cccs2)sc(C)c1C. The van der Waals surface area contributed by atoms with E-state index >= 15 is 0 Å². The van der Waals surface area contributed by atoms with Gasteiger partial charge in [0.15, 0.2) is 0 Å². The van der Waals surface area contributed by atoms with Gasteiger partial charge < -0.3 is 10.1 Å². The average molecular weight is 486 g/mol. The van der Waals surface area contributed by atoms with E-state index in [4.69, 9.17) is 4.74 Å². The van der Waals surface area contributed by atoms with Gasteiger partial charge in [-0.05, 0) is 50.6 Å². The van der Waals surface area contributed by atoms with Gasteiger partial charge in [0.2, 0.25) is 5.91 Å². The number of alkyl carbamates (subject to hydrolysis) is 1. The summed E-state index contributed by atoms with van der Waals surface area (Å²) in [5.41, 5.74) is 0.783. The molecule has 1 atom stereocenters. The van der Waals surface area contributed by atoms with E-state index in [1.54, 1.807) is 32.2 Å². The quantitative estimate of drug-likeness (QED) is 0.648. The molecule has 1 unspecified atom stereocenters. The molecule has 0 spiro atoms. The number of rotatable bonds is 6. The van der Waals surface area contributed by atoms with Gasteiger partial charge >= 0.3 is 6.09 Å². The molecule has 1 aliphatic heterocycles. The van der Waals surface area contributed by atoms with Crippen molar-refractivity contribution in [3.05, 3.63) is 33.5 Å². The van der Waals surface area contributed by atoms with Crippen molar-refractivity contribution in [3.63, 3.8) is 0 Å². The molecule has 0 saturated carbocycles. The van der Waals surface area contributed by atoms with Gasteiger partial charge in [-0.3, -0.25) is 14.9 Å². The van der Waals surface area contributed by atoms with E-state index in [2.05, 4.69) is 10.6 Å². The molecule has 2 aromatic heterocycles. The van der Waals surface area contributed by atoms with Crippen molar-refractivity contribution in [1.82, 2.24) is 9.62 Å². The highest BCUT2D eigenvalue weighted by Crippen LogP contribution is 2.34. The van der Waals surface area contributed by atoms with E-state index in [-0.39, 0.29) is 27.9 Å². The normalized spacial score (nSPS) is 16.8. The molecule has 3 amide bonds. The summed E-state index contributed by atoms with van der Waals surface area (Å²) in [4.78, 5) is 38.1. The number of hydrogen-bond donors (Lipinski definition) is 2. The topological polar surface area (TPSA) is 122 Å². The Balaban J connectivity index is 1.82. The van der Waals surface area contributed by atoms with Crippen molar-refractivity contribution < 1.29 is 27.5 Å². The number of amides is 3. The van der Waals surface area contributed by atoms with Crippen molar-refractivity contribution in [2.45, 2.75) is 43.9 Å². The number of hydrogen-bond acceptors (Lipinski definition) is 8. The van der Waals surface area contributed by atoms with Crippen LogP contribution in [0.2, 0.25) is 0 Å². The van der Waals surface area contributed by atoms with E-state index in [1.165, 1.54) is 21.7 Å². The molecule has 3 rings (SSSR count). The summed E-state index contributed by atoms with van der Waals surface area (Å²) < 4.78 is 32.0. The molecule has 0 aliphatic carbocycles. The lowest BCUT2D eigenvalue weighted by atomic mass is 10.1. The van der Waals surface area contributed by atoms with Crippen LogP contribution in [0.15, 0.2) is 21.7 Å². The fourth-order valence-electron chi connectivity index (χ4n) is 3.32. The zero-order valence-electron chi connectivity index (χ0n) is 17.3.